The summed E-state index contributed by atoms with van der Waals surface area (Å²) < 4.78 is 5.27. The second-order valence-corrected chi connectivity index (χ2v) is 5.99. The minimum atomic E-state index is -0.134. The summed E-state index contributed by atoms with van der Waals surface area (Å²) >= 11 is 0. The molecule has 3 nitrogen and oxygen atoms in total. The van der Waals surface area contributed by atoms with Gasteiger partial charge in [0.15, 0.2) is 0 Å². The molecule has 2 aromatic rings. The highest BCUT2D eigenvalue weighted by atomic mass is 16.5. The predicted molar refractivity (Wildman–Crippen MR) is 91.1 cm³/mol. The summed E-state index contributed by atoms with van der Waals surface area (Å²) in [5.74, 6) is -0.101. The summed E-state index contributed by atoms with van der Waals surface area (Å²) in [7, 11) is 0. The van der Waals surface area contributed by atoms with Crippen LogP contribution in [0, 0.1) is 0 Å². The van der Waals surface area contributed by atoms with Crippen molar-refractivity contribution in [3.8, 4) is 0 Å². The van der Waals surface area contributed by atoms with Gasteiger partial charge in [-0.25, -0.2) is 0 Å². The Kier molecular flexibility index (Phi) is 4.77. The largest absolute Gasteiger partial charge is 0.465 e. The average molecular weight is 309 g/mol. The fourth-order valence-electron chi connectivity index (χ4n) is 3.31. The van der Waals surface area contributed by atoms with Gasteiger partial charge in [0, 0.05) is 12.1 Å². The minimum absolute atomic E-state index is 0.101. The fraction of sp³-hybridized carbons (Fsp3) is 0.350. The van der Waals surface area contributed by atoms with E-state index >= 15 is 0 Å². The third-order valence-electron chi connectivity index (χ3n) is 4.52. The van der Waals surface area contributed by atoms with Crippen LogP contribution < -0.4 is 0 Å². The van der Waals surface area contributed by atoms with Gasteiger partial charge in [-0.05, 0) is 31.4 Å². The van der Waals surface area contributed by atoms with E-state index in [2.05, 4.69) is 36.1 Å². The Labute approximate surface area is 137 Å². The number of carbonyl (C=O) groups is 1. The molecule has 3 rings (SSSR count). The van der Waals surface area contributed by atoms with E-state index in [0.717, 1.165) is 6.42 Å². The summed E-state index contributed by atoms with van der Waals surface area (Å²) in [6, 6.07) is 21.0. The second-order valence-electron chi connectivity index (χ2n) is 5.99. The summed E-state index contributed by atoms with van der Waals surface area (Å²) in [4.78, 5) is 14.6. The van der Waals surface area contributed by atoms with Crippen molar-refractivity contribution in [3.63, 3.8) is 0 Å². The highest BCUT2D eigenvalue weighted by Gasteiger charge is 2.55. The summed E-state index contributed by atoms with van der Waals surface area (Å²) in [5.41, 5.74) is 2.49. The smallest absolute Gasteiger partial charge is 0.325 e. The first-order valence-corrected chi connectivity index (χ1v) is 8.25. The lowest BCUT2D eigenvalue weighted by atomic mass is 10.1. The van der Waals surface area contributed by atoms with Crippen LogP contribution in [0.2, 0.25) is 0 Å². The standard InChI is InChI=1S/C20H23NO2/c1-3-23-20(22)19-18(14-16-10-6-4-7-11-16)21(19)15(2)17-12-8-5-9-13-17/h4-13,15,18-19H,3,14H2,1-2H3/t15-,18+,19+,21?/m1/s1. The Balaban J connectivity index is 1.77. The molecule has 0 amide bonds. The van der Waals surface area contributed by atoms with Crippen LogP contribution in [-0.2, 0) is 16.0 Å². The van der Waals surface area contributed by atoms with Gasteiger partial charge in [-0.15, -0.1) is 0 Å². The third-order valence-corrected chi connectivity index (χ3v) is 4.52. The van der Waals surface area contributed by atoms with Crippen LogP contribution in [0.4, 0.5) is 0 Å². The van der Waals surface area contributed by atoms with Gasteiger partial charge in [-0.3, -0.25) is 9.69 Å². The number of ether oxygens (including phenoxy) is 1. The van der Waals surface area contributed by atoms with E-state index in [-0.39, 0.29) is 24.1 Å². The number of rotatable bonds is 6. The van der Waals surface area contributed by atoms with E-state index in [1.807, 2.05) is 43.3 Å². The quantitative estimate of drug-likeness (QED) is 0.603. The first kappa shape index (κ1) is 15.8. The number of carbonyl (C=O) groups excluding carboxylic acids is 1. The first-order chi connectivity index (χ1) is 11.2. The SMILES string of the molecule is CCOC(=O)[C@@H]1[C@H](Cc2ccccc2)N1[C@H](C)c1ccccc1. The Morgan fingerprint density at radius 1 is 1.09 bits per heavy atom. The van der Waals surface area contributed by atoms with Crippen LogP contribution in [-0.4, -0.2) is 29.6 Å². The highest BCUT2D eigenvalue weighted by Crippen LogP contribution is 2.41. The molecular weight excluding hydrogens is 286 g/mol. The molecule has 0 spiro atoms. The van der Waals surface area contributed by atoms with Crippen molar-refractivity contribution in [2.75, 3.05) is 6.61 Å². The molecule has 0 aliphatic carbocycles. The molecule has 1 aliphatic rings. The van der Waals surface area contributed by atoms with Crippen molar-refractivity contribution < 1.29 is 9.53 Å². The average Bonchev–Trinajstić information content (AvgIpc) is 3.30. The van der Waals surface area contributed by atoms with Crippen molar-refractivity contribution in [2.45, 2.75) is 38.4 Å². The molecule has 3 heteroatoms. The number of benzene rings is 2. The normalized spacial score (nSPS) is 24.0. The molecule has 1 saturated heterocycles. The van der Waals surface area contributed by atoms with Gasteiger partial charge in [0.25, 0.3) is 0 Å². The van der Waals surface area contributed by atoms with Gasteiger partial charge >= 0.3 is 5.97 Å². The Morgan fingerprint density at radius 3 is 2.30 bits per heavy atom. The third kappa shape index (κ3) is 3.45. The predicted octanol–water partition coefficient (Wildman–Crippen LogP) is 3.61. The van der Waals surface area contributed by atoms with Gasteiger partial charge in [-0.1, -0.05) is 60.7 Å². The zero-order valence-corrected chi connectivity index (χ0v) is 13.7. The molecule has 23 heavy (non-hydrogen) atoms. The van der Waals surface area contributed by atoms with Crippen LogP contribution in [0.1, 0.15) is 31.0 Å². The maximum absolute atomic E-state index is 12.3. The fourth-order valence-corrected chi connectivity index (χ4v) is 3.31. The lowest BCUT2D eigenvalue weighted by Crippen LogP contribution is -2.18. The molecule has 120 valence electrons. The molecule has 4 atom stereocenters. The number of nitrogens with zero attached hydrogens (tertiary/aromatic N) is 1. The van der Waals surface area contributed by atoms with Crippen LogP contribution in [0.5, 0.6) is 0 Å². The number of hydrogen-bond acceptors (Lipinski definition) is 3. The molecule has 1 aliphatic heterocycles. The van der Waals surface area contributed by atoms with E-state index in [4.69, 9.17) is 4.74 Å². The molecule has 1 heterocycles. The maximum atomic E-state index is 12.3. The molecule has 0 saturated carbocycles. The topological polar surface area (TPSA) is 29.3 Å². The monoisotopic (exact) mass is 309 g/mol. The van der Waals surface area contributed by atoms with Crippen LogP contribution in [0.15, 0.2) is 60.7 Å². The van der Waals surface area contributed by atoms with E-state index in [1.54, 1.807) is 0 Å². The molecular formula is C20H23NO2. The first-order valence-electron chi connectivity index (χ1n) is 8.25. The highest BCUT2D eigenvalue weighted by molar-refractivity contribution is 5.80. The Bertz CT molecular complexity index is 641. The molecule has 1 unspecified atom stereocenters. The second kappa shape index (κ2) is 6.97. The lowest BCUT2D eigenvalue weighted by molar-refractivity contribution is -0.143. The maximum Gasteiger partial charge on any atom is 0.325 e. The van der Waals surface area contributed by atoms with Crippen LogP contribution in [0.3, 0.4) is 0 Å². The summed E-state index contributed by atoms with van der Waals surface area (Å²) in [6.07, 6.45) is 0.876. The van der Waals surface area contributed by atoms with Crippen molar-refractivity contribution in [2.24, 2.45) is 0 Å². The molecule has 2 aromatic carbocycles. The zero-order valence-electron chi connectivity index (χ0n) is 13.7. The number of esters is 1. The van der Waals surface area contributed by atoms with Crippen molar-refractivity contribution in [1.29, 1.82) is 0 Å². The molecule has 0 N–H and O–H groups in total. The van der Waals surface area contributed by atoms with Gasteiger partial charge in [0.1, 0.15) is 6.04 Å². The van der Waals surface area contributed by atoms with Crippen molar-refractivity contribution >= 4 is 5.97 Å². The van der Waals surface area contributed by atoms with E-state index in [9.17, 15) is 4.79 Å². The molecule has 0 bridgehead atoms. The van der Waals surface area contributed by atoms with Gasteiger partial charge in [0.05, 0.1) is 6.61 Å². The van der Waals surface area contributed by atoms with E-state index in [1.165, 1.54) is 11.1 Å². The summed E-state index contributed by atoms with van der Waals surface area (Å²) in [6.45, 7) is 4.45. The lowest BCUT2D eigenvalue weighted by Gasteiger charge is -2.15. The Hall–Kier alpha value is -2.13. The van der Waals surface area contributed by atoms with Gasteiger partial charge in [0.2, 0.25) is 0 Å². The number of hydrogen-bond donors (Lipinski definition) is 0. The van der Waals surface area contributed by atoms with E-state index in [0.29, 0.717) is 6.61 Å². The van der Waals surface area contributed by atoms with E-state index < -0.39 is 0 Å². The van der Waals surface area contributed by atoms with Crippen LogP contribution >= 0.6 is 0 Å². The minimum Gasteiger partial charge on any atom is -0.465 e. The zero-order chi connectivity index (χ0) is 16.2. The molecule has 0 aromatic heterocycles. The van der Waals surface area contributed by atoms with Crippen molar-refractivity contribution in [1.82, 2.24) is 4.90 Å². The van der Waals surface area contributed by atoms with Gasteiger partial charge in [-0.2, -0.15) is 0 Å². The molecule has 0 radical (unpaired) electrons. The Morgan fingerprint density at radius 2 is 1.70 bits per heavy atom. The van der Waals surface area contributed by atoms with Gasteiger partial charge < -0.3 is 4.74 Å². The summed E-state index contributed by atoms with van der Waals surface area (Å²) in [5, 5.41) is 0. The van der Waals surface area contributed by atoms with Crippen LogP contribution in [0.25, 0.3) is 0 Å². The molecule has 1 fully saturated rings. The van der Waals surface area contributed by atoms with Crippen molar-refractivity contribution in [3.05, 3.63) is 71.8 Å².